The Morgan fingerprint density at radius 1 is 1.29 bits per heavy atom. The van der Waals surface area contributed by atoms with E-state index in [4.69, 9.17) is 10.2 Å². The Bertz CT molecular complexity index is 962. The van der Waals surface area contributed by atoms with Crippen molar-refractivity contribution in [2.75, 3.05) is 0 Å². The lowest BCUT2D eigenvalue weighted by atomic mass is 10.0. The molecule has 24 heavy (non-hydrogen) atoms. The van der Waals surface area contributed by atoms with Gasteiger partial charge < -0.3 is 10.2 Å². The highest BCUT2D eigenvalue weighted by molar-refractivity contribution is 8.13. The summed E-state index contributed by atoms with van der Waals surface area (Å²) in [5.41, 5.74) is 7.19. The summed E-state index contributed by atoms with van der Waals surface area (Å²) in [6.45, 7) is 4.11. The fraction of sp³-hybridized carbons (Fsp3) is 0.263. The van der Waals surface area contributed by atoms with Gasteiger partial charge >= 0.3 is 5.63 Å². The van der Waals surface area contributed by atoms with Crippen LogP contribution in [0.25, 0.3) is 21.7 Å². The number of nitrogens with two attached hydrogens (primary N) is 1. The molecule has 0 saturated carbocycles. The molecular formula is C19H20N2O2S. The van der Waals surface area contributed by atoms with Gasteiger partial charge in [-0.05, 0) is 35.7 Å². The molecule has 0 fully saturated rings. The van der Waals surface area contributed by atoms with Gasteiger partial charge in [-0.15, -0.1) is 0 Å². The molecule has 3 rings (SSSR count). The first-order valence-corrected chi connectivity index (χ1v) is 8.97. The summed E-state index contributed by atoms with van der Waals surface area (Å²) in [6, 6.07) is 13.7. The number of fused-ring (bicyclic) bond motifs is 3. The van der Waals surface area contributed by atoms with E-state index in [1.807, 2.05) is 37.3 Å². The molecule has 0 amide bonds. The van der Waals surface area contributed by atoms with Crippen molar-refractivity contribution in [1.82, 2.24) is 0 Å². The largest absolute Gasteiger partial charge is 0.423 e. The van der Waals surface area contributed by atoms with Gasteiger partial charge in [0.25, 0.3) is 0 Å². The number of benzene rings is 2. The molecule has 124 valence electrons. The van der Waals surface area contributed by atoms with Gasteiger partial charge in [-0.1, -0.05) is 49.0 Å². The summed E-state index contributed by atoms with van der Waals surface area (Å²) < 4.78 is 5.37. The molecule has 2 aromatic carbocycles. The second-order valence-electron chi connectivity index (χ2n) is 5.76. The molecule has 0 aliphatic carbocycles. The molecule has 5 heteroatoms. The van der Waals surface area contributed by atoms with E-state index in [1.54, 1.807) is 6.07 Å². The summed E-state index contributed by atoms with van der Waals surface area (Å²) in [5, 5.41) is 3.71. The normalized spacial score (nSPS) is 13.5. The van der Waals surface area contributed by atoms with Crippen molar-refractivity contribution in [2.45, 2.75) is 32.1 Å². The highest BCUT2D eigenvalue weighted by Crippen LogP contribution is 2.29. The third-order valence-electron chi connectivity index (χ3n) is 4.03. The maximum absolute atomic E-state index is 11.9. The van der Waals surface area contributed by atoms with Crippen molar-refractivity contribution in [3.05, 3.63) is 58.4 Å². The summed E-state index contributed by atoms with van der Waals surface area (Å²) in [4.78, 5) is 16.3. The standard InChI is InChI=1S/C19H20N2O2S/c1-3-12(2)21-19(20)24-11-14-10-17(22)23-16-9-8-13-6-4-5-7-15(13)18(14)16/h4-10,12H,3,11H2,1-2H3,(H2,20,21)/t12-/m1/s1. The van der Waals surface area contributed by atoms with Gasteiger partial charge in [-0.2, -0.15) is 0 Å². The fourth-order valence-electron chi connectivity index (χ4n) is 2.63. The number of hydrogen-bond donors (Lipinski definition) is 1. The van der Waals surface area contributed by atoms with Crippen molar-refractivity contribution in [3.63, 3.8) is 0 Å². The molecule has 2 N–H and O–H groups in total. The zero-order chi connectivity index (χ0) is 17.1. The third kappa shape index (κ3) is 3.46. The first-order chi connectivity index (χ1) is 11.6. The molecule has 0 spiro atoms. The smallest absolute Gasteiger partial charge is 0.336 e. The van der Waals surface area contributed by atoms with Crippen LogP contribution in [0.15, 0.2) is 56.7 Å². The van der Waals surface area contributed by atoms with Crippen LogP contribution in [0.2, 0.25) is 0 Å². The Hall–Kier alpha value is -2.27. The zero-order valence-corrected chi connectivity index (χ0v) is 14.6. The molecule has 1 heterocycles. The maximum Gasteiger partial charge on any atom is 0.336 e. The van der Waals surface area contributed by atoms with Crippen LogP contribution >= 0.6 is 11.8 Å². The number of aliphatic imine (C=N–C) groups is 1. The van der Waals surface area contributed by atoms with Crippen LogP contribution < -0.4 is 11.4 Å². The lowest BCUT2D eigenvalue weighted by molar-refractivity contribution is 0.560. The van der Waals surface area contributed by atoms with Gasteiger partial charge in [0.15, 0.2) is 5.17 Å². The topological polar surface area (TPSA) is 68.6 Å². The Morgan fingerprint density at radius 2 is 2.08 bits per heavy atom. The highest BCUT2D eigenvalue weighted by atomic mass is 32.2. The molecule has 0 aliphatic heterocycles. The lowest BCUT2D eigenvalue weighted by Crippen LogP contribution is -2.11. The number of rotatable bonds is 4. The van der Waals surface area contributed by atoms with Gasteiger partial charge in [-0.25, -0.2) is 4.79 Å². The van der Waals surface area contributed by atoms with Crippen LogP contribution in [0.5, 0.6) is 0 Å². The molecule has 0 aliphatic rings. The van der Waals surface area contributed by atoms with Crippen molar-refractivity contribution in [1.29, 1.82) is 0 Å². The van der Waals surface area contributed by atoms with Crippen molar-refractivity contribution in [3.8, 4) is 0 Å². The Morgan fingerprint density at radius 3 is 2.88 bits per heavy atom. The fourth-order valence-corrected chi connectivity index (χ4v) is 3.42. The van der Waals surface area contributed by atoms with E-state index in [2.05, 4.69) is 18.0 Å². The minimum atomic E-state index is -0.342. The van der Waals surface area contributed by atoms with E-state index >= 15 is 0 Å². The molecule has 1 atom stereocenters. The lowest BCUT2D eigenvalue weighted by Gasteiger charge is -2.09. The van der Waals surface area contributed by atoms with Crippen LogP contribution in [-0.4, -0.2) is 11.2 Å². The molecule has 0 saturated heterocycles. The summed E-state index contributed by atoms with van der Waals surface area (Å²) in [7, 11) is 0. The summed E-state index contributed by atoms with van der Waals surface area (Å²) in [6.07, 6.45) is 0.948. The average Bonchev–Trinajstić information content (AvgIpc) is 2.59. The zero-order valence-electron chi connectivity index (χ0n) is 13.8. The van der Waals surface area contributed by atoms with Crippen molar-refractivity contribution < 1.29 is 4.42 Å². The number of hydrogen-bond acceptors (Lipinski definition) is 4. The Labute approximate surface area is 144 Å². The van der Waals surface area contributed by atoms with Crippen LogP contribution in [-0.2, 0) is 5.75 Å². The Balaban J connectivity index is 2.05. The molecule has 0 radical (unpaired) electrons. The molecular weight excluding hydrogens is 320 g/mol. The van der Waals surface area contributed by atoms with E-state index in [0.29, 0.717) is 16.5 Å². The van der Waals surface area contributed by atoms with E-state index in [1.165, 1.54) is 11.8 Å². The van der Waals surface area contributed by atoms with E-state index in [0.717, 1.165) is 28.1 Å². The predicted octanol–water partition coefficient (Wildman–Crippen LogP) is 4.29. The second-order valence-corrected chi connectivity index (χ2v) is 6.76. The van der Waals surface area contributed by atoms with Crippen LogP contribution in [0.1, 0.15) is 25.8 Å². The third-order valence-corrected chi connectivity index (χ3v) is 4.89. The van der Waals surface area contributed by atoms with Gasteiger partial charge in [-0.3, -0.25) is 4.99 Å². The molecule has 0 bridgehead atoms. The second kappa shape index (κ2) is 7.09. The van der Waals surface area contributed by atoms with Gasteiger partial charge in [0.1, 0.15) is 5.58 Å². The maximum atomic E-state index is 11.9. The van der Waals surface area contributed by atoms with Crippen LogP contribution in [0.4, 0.5) is 0 Å². The van der Waals surface area contributed by atoms with Gasteiger partial charge in [0, 0.05) is 23.2 Å². The molecule has 1 aromatic heterocycles. The molecule has 3 aromatic rings. The number of nitrogens with zero attached hydrogens (tertiary/aromatic N) is 1. The van der Waals surface area contributed by atoms with Gasteiger partial charge in [0.2, 0.25) is 0 Å². The van der Waals surface area contributed by atoms with Crippen LogP contribution in [0, 0.1) is 0 Å². The average molecular weight is 340 g/mol. The van der Waals surface area contributed by atoms with Crippen LogP contribution in [0.3, 0.4) is 0 Å². The minimum Gasteiger partial charge on any atom is -0.423 e. The SMILES string of the molecule is CC[C@@H](C)N=C(N)SCc1cc(=O)oc2ccc3ccccc3c12. The molecule has 4 nitrogen and oxygen atoms in total. The summed E-state index contributed by atoms with van der Waals surface area (Å²) in [5.74, 6) is 0.585. The molecule has 0 unspecified atom stereocenters. The monoisotopic (exact) mass is 340 g/mol. The highest BCUT2D eigenvalue weighted by Gasteiger charge is 2.10. The first-order valence-electron chi connectivity index (χ1n) is 7.99. The van der Waals surface area contributed by atoms with E-state index in [9.17, 15) is 4.79 Å². The van der Waals surface area contributed by atoms with Crippen molar-refractivity contribution >= 4 is 38.7 Å². The summed E-state index contributed by atoms with van der Waals surface area (Å²) >= 11 is 1.45. The number of amidine groups is 1. The first kappa shape index (κ1) is 16.6. The van der Waals surface area contributed by atoms with Gasteiger partial charge in [0.05, 0.1) is 0 Å². The minimum absolute atomic E-state index is 0.205. The van der Waals surface area contributed by atoms with E-state index in [-0.39, 0.29) is 11.7 Å². The number of thioether (sulfide) groups is 1. The predicted molar refractivity (Wildman–Crippen MR) is 103 cm³/mol. The quantitative estimate of drug-likeness (QED) is 0.333. The van der Waals surface area contributed by atoms with Crippen molar-refractivity contribution in [2.24, 2.45) is 10.7 Å². The van der Waals surface area contributed by atoms with E-state index < -0.39 is 0 Å². The Kier molecular flexibility index (Phi) is 4.90.